The van der Waals surface area contributed by atoms with E-state index in [9.17, 15) is 4.79 Å². The number of thioether (sulfide) groups is 1. The van der Waals surface area contributed by atoms with Crippen molar-refractivity contribution in [1.82, 2.24) is 15.1 Å². The average Bonchev–Trinajstić information content (AvgIpc) is 3.11. The van der Waals surface area contributed by atoms with Gasteiger partial charge in [-0.2, -0.15) is 16.9 Å². The normalized spacial score (nSPS) is 27.6. The molecule has 6 heteroatoms. The van der Waals surface area contributed by atoms with Crippen molar-refractivity contribution in [3.8, 4) is 0 Å². The Morgan fingerprint density at radius 1 is 1.37 bits per heavy atom. The molecule has 19 heavy (non-hydrogen) atoms. The first-order valence-corrected chi connectivity index (χ1v) is 7.79. The standard InChI is InChI=1S/C13H20N4OS/c1-7-5-17(6-8(2)19-7)13(18)12-10(14)11(15-16-12)9-3-4-9/h7-9H,3-6,14H2,1-2H3,(H,15,16). The summed E-state index contributed by atoms with van der Waals surface area (Å²) in [5.41, 5.74) is 8.00. The van der Waals surface area contributed by atoms with Crippen LogP contribution in [-0.4, -0.2) is 44.6 Å². The molecule has 2 atom stereocenters. The van der Waals surface area contributed by atoms with E-state index < -0.39 is 0 Å². The monoisotopic (exact) mass is 280 g/mol. The van der Waals surface area contributed by atoms with E-state index in [4.69, 9.17) is 5.73 Å². The first-order valence-electron chi connectivity index (χ1n) is 6.84. The number of nitrogens with one attached hydrogen (secondary N) is 1. The van der Waals surface area contributed by atoms with Crippen LogP contribution >= 0.6 is 11.8 Å². The van der Waals surface area contributed by atoms with E-state index in [1.54, 1.807) is 0 Å². The summed E-state index contributed by atoms with van der Waals surface area (Å²) in [4.78, 5) is 14.4. The highest BCUT2D eigenvalue weighted by Gasteiger charge is 2.33. The van der Waals surface area contributed by atoms with E-state index in [1.165, 1.54) is 0 Å². The summed E-state index contributed by atoms with van der Waals surface area (Å²) in [6.07, 6.45) is 2.29. The average molecular weight is 280 g/mol. The summed E-state index contributed by atoms with van der Waals surface area (Å²) < 4.78 is 0. The summed E-state index contributed by atoms with van der Waals surface area (Å²) in [6.45, 7) is 5.87. The van der Waals surface area contributed by atoms with Crippen molar-refractivity contribution < 1.29 is 4.79 Å². The molecule has 1 aliphatic heterocycles. The summed E-state index contributed by atoms with van der Waals surface area (Å²) in [5.74, 6) is 0.462. The zero-order valence-corrected chi connectivity index (χ0v) is 12.2. The lowest BCUT2D eigenvalue weighted by molar-refractivity contribution is 0.0748. The number of nitrogen functional groups attached to an aromatic ring is 1. The SMILES string of the molecule is CC1CN(C(=O)c2n[nH]c(C3CC3)c2N)CC(C)S1. The minimum Gasteiger partial charge on any atom is -0.395 e. The maximum Gasteiger partial charge on any atom is 0.276 e. The highest BCUT2D eigenvalue weighted by Crippen LogP contribution is 2.42. The molecule has 1 saturated carbocycles. The van der Waals surface area contributed by atoms with Crippen molar-refractivity contribution in [3.63, 3.8) is 0 Å². The van der Waals surface area contributed by atoms with Gasteiger partial charge in [0.25, 0.3) is 5.91 Å². The molecule has 0 radical (unpaired) electrons. The van der Waals surface area contributed by atoms with Gasteiger partial charge in [-0.1, -0.05) is 13.8 Å². The van der Waals surface area contributed by atoms with Crippen LogP contribution in [-0.2, 0) is 0 Å². The lowest BCUT2D eigenvalue weighted by Gasteiger charge is -2.34. The Balaban J connectivity index is 1.79. The fourth-order valence-electron chi connectivity index (χ4n) is 2.70. The smallest absolute Gasteiger partial charge is 0.276 e. The molecule has 0 spiro atoms. The molecule has 104 valence electrons. The van der Waals surface area contributed by atoms with Gasteiger partial charge >= 0.3 is 0 Å². The van der Waals surface area contributed by atoms with E-state index in [-0.39, 0.29) is 5.91 Å². The number of carbonyl (C=O) groups excluding carboxylic acids is 1. The van der Waals surface area contributed by atoms with Crippen molar-refractivity contribution in [2.75, 3.05) is 18.8 Å². The Hall–Kier alpha value is -1.17. The van der Waals surface area contributed by atoms with Gasteiger partial charge in [-0.25, -0.2) is 0 Å². The molecule has 3 N–H and O–H groups in total. The quantitative estimate of drug-likeness (QED) is 0.866. The Morgan fingerprint density at radius 2 is 2.00 bits per heavy atom. The second kappa shape index (κ2) is 4.74. The number of anilines is 1. The van der Waals surface area contributed by atoms with Gasteiger partial charge in [-0.05, 0) is 12.8 Å². The number of H-pyrrole nitrogens is 1. The Labute approximate surface area is 117 Å². The number of nitrogens with two attached hydrogens (primary N) is 1. The van der Waals surface area contributed by atoms with E-state index in [2.05, 4.69) is 24.0 Å². The van der Waals surface area contributed by atoms with Crippen LogP contribution in [0.1, 0.15) is 48.8 Å². The van der Waals surface area contributed by atoms with Crippen molar-refractivity contribution in [2.24, 2.45) is 0 Å². The maximum atomic E-state index is 12.5. The van der Waals surface area contributed by atoms with Crippen molar-refractivity contribution in [2.45, 2.75) is 43.1 Å². The first kappa shape index (κ1) is 12.8. The fraction of sp³-hybridized carbons (Fsp3) is 0.692. The highest BCUT2D eigenvalue weighted by atomic mass is 32.2. The third-order valence-corrected chi connectivity index (χ3v) is 4.96. The predicted molar refractivity (Wildman–Crippen MR) is 77.4 cm³/mol. The van der Waals surface area contributed by atoms with E-state index in [0.717, 1.165) is 31.6 Å². The van der Waals surface area contributed by atoms with Gasteiger partial charge in [0.05, 0.1) is 11.4 Å². The maximum absolute atomic E-state index is 12.5. The van der Waals surface area contributed by atoms with Crippen LogP contribution in [0.15, 0.2) is 0 Å². The molecule has 5 nitrogen and oxygen atoms in total. The molecule has 2 heterocycles. The molecule has 0 aromatic carbocycles. The fourth-order valence-corrected chi connectivity index (χ4v) is 4.03. The van der Waals surface area contributed by atoms with Gasteiger partial charge < -0.3 is 10.6 Å². The molecule has 0 bridgehead atoms. The van der Waals surface area contributed by atoms with Crippen molar-refractivity contribution in [3.05, 3.63) is 11.4 Å². The summed E-state index contributed by atoms with van der Waals surface area (Å²) in [5, 5.41) is 8.04. The molecule has 2 unspecified atom stereocenters. The van der Waals surface area contributed by atoms with Crippen LogP contribution in [0.4, 0.5) is 5.69 Å². The summed E-state index contributed by atoms with van der Waals surface area (Å²) >= 11 is 1.93. The second-order valence-corrected chi connectivity index (χ2v) is 7.52. The van der Waals surface area contributed by atoms with Crippen LogP contribution in [0.5, 0.6) is 0 Å². The number of nitrogens with zero attached hydrogens (tertiary/aromatic N) is 2. The molecule has 1 aromatic rings. The van der Waals surface area contributed by atoms with Gasteiger partial charge in [0.2, 0.25) is 0 Å². The number of rotatable bonds is 2. The van der Waals surface area contributed by atoms with E-state index >= 15 is 0 Å². The molecule has 3 rings (SSSR count). The molecule has 1 aliphatic carbocycles. The van der Waals surface area contributed by atoms with Gasteiger partial charge in [0, 0.05) is 29.5 Å². The molecular formula is C13H20N4OS. The molecule has 1 saturated heterocycles. The minimum atomic E-state index is -0.0281. The summed E-state index contributed by atoms with van der Waals surface area (Å²) in [7, 11) is 0. The van der Waals surface area contributed by atoms with Gasteiger partial charge in [-0.3, -0.25) is 9.89 Å². The van der Waals surface area contributed by atoms with Crippen LogP contribution in [0, 0.1) is 0 Å². The Bertz CT molecular complexity index is 487. The van der Waals surface area contributed by atoms with Crippen LogP contribution in [0.2, 0.25) is 0 Å². The zero-order valence-electron chi connectivity index (χ0n) is 11.3. The number of amides is 1. The largest absolute Gasteiger partial charge is 0.395 e. The number of hydrogen-bond acceptors (Lipinski definition) is 4. The van der Waals surface area contributed by atoms with Crippen LogP contribution < -0.4 is 5.73 Å². The Kier molecular flexibility index (Phi) is 3.20. The molecule has 2 fully saturated rings. The molecule has 1 aromatic heterocycles. The number of aromatic amines is 1. The third kappa shape index (κ3) is 2.45. The molecule has 2 aliphatic rings. The lowest BCUT2D eigenvalue weighted by Crippen LogP contribution is -2.44. The number of hydrogen-bond donors (Lipinski definition) is 2. The van der Waals surface area contributed by atoms with E-state index in [1.807, 2.05) is 16.7 Å². The van der Waals surface area contributed by atoms with Gasteiger partial charge in [0.1, 0.15) is 0 Å². The zero-order chi connectivity index (χ0) is 13.6. The van der Waals surface area contributed by atoms with Crippen molar-refractivity contribution in [1.29, 1.82) is 0 Å². The van der Waals surface area contributed by atoms with Gasteiger partial charge in [-0.15, -0.1) is 0 Å². The second-order valence-electron chi connectivity index (χ2n) is 5.64. The topological polar surface area (TPSA) is 75.0 Å². The molecule has 1 amide bonds. The Morgan fingerprint density at radius 3 is 2.58 bits per heavy atom. The van der Waals surface area contributed by atoms with Crippen molar-refractivity contribution >= 4 is 23.4 Å². The third-order valence-electron chi connectivity index (χ3n) is 3.73. The number of carbonyl (C=O) groups is 1. The number of aromatic nitrogens is 2. The molecular weight excluding hydrogens is 260 g/mol. The highest BCUT2D eigenvalue weighted by molar-refractivity contribution is 8.00. The van der Waals surface area contributed by atoms with Crippen LogP contribution in [0.3, 0.4) is 0 Å². The summed E-state index contributed by atoms with van der Waals surface area (Å²) in [6, 6.07) is 0. The minimum absolute atomic E-state index is 0.0281. The van der Waals surface area contributed by atoms with Crippen LogP contribution in [0.25, 0.3) is 0 Å². The van der Waals surface area contributed by atoms with E-state index in [0.29, 0.717) is 27.8 Å². The predicted octanol–water partition coefficient (Wildman–Crippen LogP) is 1.84. The van der Waals surface area contributed by atoms with Gasteiger partial charge in [0.15, 0.2) is 5.69 Å². The lowest BCUT2D eigenvalue weighted by atomic mass is 10.2. The first-order chi connectivity index (χ1) is 9.06.